The molecule has 0 amide bonds. The molecular formula is C13H28O4. The Kier molecular flexibility index (Phi) is 12.2. The maximum atomic E-state index is 5.40. The van der Waals surface area contributed by atoms with Crippen LogP contribution < -0.4 is 0 Å². The highest BCUT2D eigenvalue weighted by Crippen LogP contribution is 1.91. The minimum atomic E-state index is 0.274. The van der Waals surface area contributed by atoms with Gasteiger partial charge in [-0.3, -0.25) is 0 Å². The maximum Gasteiger partial charge on any atom is 0.0703 e. The molecule has 0 N–H and O–H groups in total. The van der Waals surface area contributed by atoms with Crippen LogP contribution in [0.4, 0.5) is 0 Å². The fourth-order valence-electron chi connectivity index (χ4n) is 1.14. The molecule has 0 fully saturated rings. The number of hydrogen-bond acceptors (Lipinski definition) is 4. The molecule has 4 heteroatoms. The third kappa shape index (κ3) is 15.8. The van der Waals surface area contributed by atoms with E-state index in [1.54, 1.807) is 0 Å². The molecule has 0 bridgehead atoms. The Hall–Kier alpha value is -0.160. The lowest BCUT2D eigenvalue weighted by molar-refractivity contribution is -0.00588. The largest absolute Gasteiger partial charge is 0.379 e. The Morgan fingerprint density at radius 1 is 0.588 bits per heavy atom. The van der Waals surface area contributed by atoms with Gasteiger partial charge in [-0.15, -0.1) is 0 Å². The first-order chi connectivity index (χ1) is 8.13. The number of ether oxygens (including phenoxy) is 4. The zero-order valence-electron chi connectivity index (χ0n) is 11.7. The van der Waals surface area contributed by atoms with Crippen molar-refractivity contribution in [2.75, 3.05) is 39.6 Å². The molecule has 0 atom stereocenters. The van der Waals surface area contributed by atoms with Gasteiger partial charge in [0, 0.05) is 13.2 Å². The molecule has 0 saturated heterocycles. The summed E-state index contributed by atoms with van der Waals surface area (Å²) >= 11 is 0. The molecule has 0 aliphatic carbocycles. The summed E-state index contributed by atoms with van der Waals surface area (Å²) in [6, 6.07) is 0. The van der Waals surface area contributed by atoms with Crippen molar-refractivity contribution in [2.24, 2.45) is 0 Å². The van der Waals surface area contributed by atoms with Crippen LogP contribution in [0.25, 0.3) is 0 Å². The Morgan fingerprint density at radius 2 is 1.06 bits per heavy atom. The van der Waals surface area contributed by atoms with E-state index >= 15 is 0 Å². The van der Waals surface area contributed by atoms with Crippen molar-refractivity contribution in [3.8, 4) is 0 Å². The van der Waals surface area contributed by atoms with E-state index in [1.165, 1.54) is 0 Å². The molecule has 4 nitrogen and oxygen atoms in total. The van der Waals surface area contributed by atoms with Crippen molar-refractivity contribution in [1.82, 2.24) is 0 Å². The van der Waals surface area contributed by atoms with Crippen molar-refractivity contribution in [1.29, 1.82) is 0 Å². The Balaban J connectivity index is 2.94. The van der Waals surface area contributed by atoms with E-state index < -0.39 is 0 Å². The summed E-state index contributed by atoms with van der Waals surface area (Å²) in [5.41, 5.74) is 0. The van der Waals surface area contributed by atoms with Gasteiger partial charge in [0.2, 0.25) is 0 Å². The molecule has 0 aliphatic heterocycles. The minimum absolute atomic E-state index is 0.274. The molecule has 0 aromatic rings. The highest BCUT2D eigenvalue weighted by atomic mass is 16.5. The fraction of sp³-hybridized carbons (Fsp3) is 1.00. The van der Waals surface area contributed by atoms with Gasteiger partial charge in [0.15, 0.2) is 0 Å². The second-order valence-electron chi connectivity index (χ2n) is 4.42. The molecule has 104 valence electrons. The first kappa shape index (κ1) is 16.8. The third-order valence-electron chi connectivity index (χ3n) is 1.94. The van der Waals surface area contributed by atoms with Crippen LogP contribution in [0.3, 0.4) is 0 Å². The topological polar surface area (TPSA) is 36.9 Å². The average molecular weight is 248 g/mol. The second kappa shape index (κ2) is 12.3. The van der Waals surface area contributed by atoms with Gasteiger partial charge in [-0.25, -0.2) is 0 Å². The third-order valence-corrected chi connectivity index (χ3v) is 1.94. The summed E-state index contributed by atoms with van der Waals surface area (Å²) < 4.78 is 21.5. The van der Waals surface area contributed by atoms with Gasteiger partial charge in [-0.2, -0.15) is 0 Å². The average Bonchev–Trinajstić information content (AvgIpc) is 2.25. The lowest BCUT2D eigenvalue weighted by Crippen LogP contribution is -2.13. The smallest absolute Gasteiger partial charge is 0.0703 e. The van der Waals surface area contributed by atoms with E-state index in [0.717, 1.165) is 19.6 Å². The Bertz CT molecular complexity index is 132. The van der Waals surface area contributed by atoms with Gasteiger partial charge in [-0.05, 0) is 34.1 Å². The maximum absolute atomic E-state index is 5.40. The molecule has 0 radical (unpaired) electrons. The molecule has 0 saturated carbocycles. The predicted octanol–water partition coefficient (Wildman–Crippen LogP) is 2.26. The van der Waals surface area contributed by atoms with Gasteiger partial charge >= 0.3 is 0 Å². The van der Waals surface area contributed by atoms with Crippen LogP contribution in [0.15, 0.2) is 0 Å². The quantitative estimate of drug-likeness (QED) is 0.496. The zero-order valence-corrected chi connectivity index (χ0v) is 11.7. The summed E-state index contributed by atoms with van der Waals surface area (Å²) in [5.74, 6) is 0. The summed E-state index contributed by atoms with van der Waals surface area (Å²) in [6.07, 6.45) is 1.52. The molecule has 17 heavy (non-hydrogen) atoms. The van der Waals surface area contributed by atoms with Gasteiger partial charge < -0.3 is 18.9 Å². The summed E-state index contributed by atoms with van der Waals surface area (Å²) in [7, 11) is 0. The van der Waals surface area contributed by atoms with Gasteiger partial charge in [-0.1, -0.05) is 0 Å². The first-order valence-electron chi connectivity index (χ1n) is 6.51. The van der Waals surface area contributed by atoms with Crippen LogP contribution >= 0.6 is 0 Å². The lowest BCUT2D eigenvalue weighted by atomic mass is 10.4. The van der Waals surface area contributed by atoms with Crippen molar-refractivity contribution >= 4 is 0 Å². The van der Waals surface area contributed by atoms with E-state index in [1.807, 2.05) is 27.7 Å². The van der Waals surface area contributed by atoms with Crippen molar-refractivity contribution in [2.45, 2.75) is 46.3 Å². The first-order valence-corrected chi connectivity index (χ1v) is 6.51. The predicted molar refractivity (Wildman–Crippen MR) is 68.4 cm³/mol. The zero-order chi connectivity index (χ0) is 12.9. The number of rotatable bonds is 12. The molecule has 0 unspecified atom stereocenters. The molecule has 0 spiro atoms. The molecule has 0 rings (SSSR count). The van der Waals surface area contributed by atoms with Crippen molar-refractivity contribution < 1.29 is 18.9 Å². The summed E-state index contributed by atoms with van der Waals surface area (Å²) in [5, 5.41) is 0. The molecular weight excluding hydrogens is 220 g/mol. The SMILES string of the molecule is CC(C)OCCCOCCOCCOC(C)C. The van der Waals surface area contributed by atoms with Crippen molar-refractivity contribution in [3.63, 3.8) is 0 Å². The van der Waals surface area contributed by atoms with Crippen molar-refractivity contribution in [3.05, 3.63) is 0 Å². The summed E-state index contributed by atoms with van der Waals surface area (Å²) in [4.78, 5) is 0. The van der Waals surface area contributed by atoms with E-state index in [-0.39, 0.29) is 6.10 Å². The molecule has 0 aliphatic rings. The second-order valence-corrected chi connectivity index (χ2v) is 4.42. The highest BCUT2D eigenvalue weighted by molar-refractivity contribution is 4.40. The van der Waals surface area contributed by atoms with E-state index in [0.29, 0.717) is 32.5 Å². The van der Waals surface area contributed by atoms with E-state index in [2.05, 4.69) is 0 Å². The van der Waals surface area contributed by atoms with Gasteiger partial charge in [0.25, 0.3) is 0 Å². The monoisotopic (exact) mass is 248 g/mol. The molecule has 0 aromatic carbocycles. The number of hydrogen-bond donors (Lipinski definition) is 0. The van der Waals surface area contributed by atoms with E-state index in [9.17, 15) is 0 Å². The summed E-state index contributed by atoms with van der Waals surface area (Å²) in [6.45, 7) is 12.2. The van der Waals surface area contributed by atoms with Gasteiger partial charge in [0.05, 0.1) is 38.6 Å². The van der Waals surface area contributed by atoms with Crippen LogP contribution in [-0.4, -0.2) is 51.8 Å². The van der Waals surface area contributed by atoms with Crippen LogP contribution in [0.5, 0.6) is 0 Å². The fourth-order valence-corrected chi connectivity index (χ4v) is 1.14. The minimum Gasteiger partial charge on any atom is -0.379 e. The molecule has 0 aromatic heterocycles. The van der Waals surface area contributed by atoms with Crippen LogP contribution in [0, 0.1) is 0 Å². The normalized spacial score (nSPS) is 11.6. The van der Waals surface area contributed by atoms with Crippen LogP contribution in [0.1, 0.15) is 34.1 Å². The standard InChI is InChI=1S/C13H28O4/c1-12(2)16-7-5-6-14-8-9-15-10-11-17-13(3)4/h12-13H,5-11H2,1-4H3. The van der Waals surface area contributed by atoms with Crippen LogP contribution in [-0.2, 0) is 18.9 Å². The Labute approximate surface area is 106 Å². The Morgan fingerprint density at radius 3 is 1.65 bits per heavy atom. The highest BCUT2D eigenvalue weighted by Gasteiger charge is 1.95. The lowest BCUT2D eigenvalue weighted by Gasteiger charge is -2.09. The van der Waals surface area contributed by atoms with Gasteiger partial charge in [0.1, 0.15) is 0 Å². The van der Waals surface area contributed by atoms with Crippen LogP contribution in [0.2, 0.25) is 0 Å². The molecule has 0 heterocycles. The van der Waals surface area contributed by atoms with E-state index in [4.69, 9.17) is 18.9 Å².